The Morgan fingerprint density at radius 2 is 1.75 bits per heavy atom. The van der Waals surface area contributed by atoms with Gasteiger partial charge in [-0.1, -0.05) is 64.4 Å². The van der Waals surface area contributed by atoms with Crippen LogP contribution in [0, 0.1) is 0 Å². The van der Waals surface area contributed by atoms with Crippen LogP contribution in [0.2, 0.25) is 18.1 Å². The standard InChI is InChI=1S/C30H46N4O4SSi/c1-11-15-23(25(21-16-13-12-14-17-21)38-40(9,10)30(5,6)7)34(28(36)37-29(2,3)4)33(8)20-24-31-22-18-19-39-26(22)27(35)32-24/h12-14,16-19,23,25H,11,15,20H2,1-10H3,(H,31,32,35)/t23-,25-/m1/s1. The Morgan fingerprint density at radius 3 is 2.33 bits per heavy atom. The number of aromatic amines is 1. The molecule has 2 aromatic heterocycles. The molecule has 8 nitrogen and oxygen atoms in total. The lowest BCUT2D eigenvalue weighted by Gasteiger charge is -2.46. The van der Waals surface area contributed by atoms with E-state index in [4.69, 9.17) is 9.16 Å². The number of rotatable bonds is 10. The number of fused-ring (bicyclic) bond motifs is 1. The second kappa shape index (κ2) is 12.5. The summed E-state index contributed by atoms with van der Waals surface area (Å²) in [6, 6.07) is 11.6. The molecule has 0 radical (unpaired) electrons. The number of benzene rings is 1. The van der Waals surface area contributed by atoms with E-state index < -0.39 is 20.0 Å². The molecule has 0 fully saturated rings. The highest BCUT2D eigenvalue weighted by Crippen LogP contribution is 2.42. The van der Waals surface area contributed by atoms with E-state index in [-0.39, 0.29) is 29.3 Å². The first-order chi connectivity index (χ1) is 18.5. The summed E-state index contributed by atoms with van der Waals surface area (Å²) in [6.07, 6.45) is 0.666. The van der Waals surface area contributed by atoms with Crippen molar-refractivity contribution in [1.29, 1.82) is 0 Å². The minimum absolute atomic E-state index is 0.0290. The van der Waals surface area contributed by atoms with E-state index in [0.29, 0.717) is 22.5 Å². The van der Waals surface area contributed by atoms with Crippen molar-refractivity contribution in [3.8, 4) is 0 Å². The molecular formula is C30H46N4O4SSi. The van der Waals surface area contributed by atoms with Crippen LogP contribution in [0.3, 0.4) is 0 Å². The lowest BCUT2D eigenvalue weighted by molar-refractivity contribution is -0.0923. The van der Waals surface area contributed by atoms with Crippen molar-refractivity contribution >= 4 is 36.0 Å². The molecule has 40 heavy (non-hydrogen) atoms. The summed E-state index contributed by atoms with van der Waals surface area (Å²) in [5.41, 5.74) is 0.784. The quantitative estimate of drug-likeness (QED) is 0.195. The number of carbonyl (C=O) groups excluding carboxylic acids is 1. The number of amides is 1. The highest BCUT2D eigenvalue weighted by molar-refractivity contribution is 7.17. The molecule has 2 atom stereocenters. The summed E-state index contributed by atoms with van der Waals surface area (Å²) in [5.74, 6) is 0.476. The van der Waals surface area contributed by atoms with Crippen LogP contribution in [0.5, 0.6) is 0 Å². The van der Waals surface area contributed by atoms with Crippen molar-refractivity contribution in [2.24, 2.45) is 0 Å². The molecule has 220 valence electrons. The van der Waals surface area contributed by atoms with Crippen LogP contribution >= 0.6 is 11.3 Å². The van der Waals surface area contributed by atoms with Gasteiger partial charge in [-0.3, -0.25) is 4.79 Å². The van der Waals surface area contributed by atoms with E-state index in [1.54, 1.807) is 10.0 Å². The van der Waals surface area contributed by atoms with Crippen molar-refractivity contribution < 1.29 is 14.0 Å². The van der Waals surface area contributed by atoms with Crippen LogP contribution in [0.25, 0.3) is 10.2 Å². The number of thiophene rings is 1. The first-order valence-electron chi connectivity index (χ1n) is 14.0. The van der Waals surface area contributed by atoms with Crippen molar-refractivity contribution in [1.82, 2.24) is 20.0 Å². The van der Waals surface area contributed by atoms with Crippen LogP contribution in [0.1, 0.15) is 78.8 Å². The lowest BCUT2D eigenvalue weighted by Crippen LogP contribution is -2.56. The van der Waals surface area contributed by atoms with E-state index in [1.165, 1.54) is 11.3 Å². The van der Waals surface area contributed by atoms with Gasteiger partial charge < -0.3 is 14.1 Å². The third-order valence-electron chi connectivity index (χ3n) is 7.29. The molecule has 0 aliphatic carbocycles. The zero-order chi connectivity index (χ0) is 29.9. The second-order valence-electron chi connectivity index (χ2n) is 12.9. The molecule has 0 unspecified atom stereocenters. The van der Waals surface area contributed by atoms with E-state index in [1.807, 2.05) is 57.5 Å². The minimum atomic E-state index is -2.27. The van der Waals surface area contributed by atoms with Gasteiger partial charge in [0.05, 0.1) is 24.2 Å². The topological polar surface area (TPSA) is 87.8 Å². The number of hydrogen-bond donors (Lipinski definition) is 1. The molecule has 10 heteroatoms. The van der Waals surface area contributed by atoms with Crippen LogP contribution in [0.15, 0.2) is 46.6 Å². The Hall–Kier alpha value is -2.53. The van der Waals surface area contributed by atoms with E-state index in [0.717, 1.165) is 12.0 Å². The molecule has 0 saturated carbocycles. The van der Waals surface area contributed by atoms with Crippen LogP contribution < -0.4 is 5.56 Å². The first-order valence-corrected chi connectivity index (χ1v) is 17.8. The Bertz CT molecular complexity index is 1330. The third kappa shape index (κ3) is 7.81. The fourth-order valence-corrected chi connectivity index (χ4v) is 6.34. The molecule has 3 rings (SSSR count). The van der Waals surface area contributed by atoms with Gasteiger partial charge in [-0.15, -0.1) is 11.3 Å². The number of carbonyl (C=O) groups is 1. The largest absolute Gasteiger partial charge is 0.443 e. The van der Waals surface area contributed by atoms with Gasteiger partial charge in [0.15, 0.2) is 8.32 Å². The second-order valence-corrected chi connectivity index (χ2v) is 18.5. The molecular weight excluding hydrogens is 541 g/mol. The van der Waals surface area contributed by atoms with Gasteiger partial charge in [0.1, 0.15) is 16.1 Å². The van der Waals surface area contributed by atoms with Gasteiger partial charge in [-0.25, -0.2) is 19.8 Å². The molecule has 2 heterocycles. The van der Waals surface area contributed by atoms with E-state index >= 15 is 0 Å². The van der Waals surface area contributed by atoms with Crippen molar-refractivity contribution in [3.05, 3.63) is 63.5 Å². The summed E-state index contributed by atoms with van der Waals surface area (Å²) < 4.78 is 13.7. The number of hydrogen-bond acceptors (Lipinski definition) is 7. The normalized spacial score (nSPS) is 14.4. The monoisotopic (exact) mass is 586 g/mol. The van der Waals surface area contributed by atoms with Gasteiger partial charge in [0.2, 0.25) is 0 Å². The maximum Gasteiger partial charge on any atom is 0.425 e. The summed E-state index contributed by atoms with van der Waals surface area (Å²) in [5, 5.41) is 5.30. The molecule has 0 bridgehead atoms. The summed E-state index contributed by atoms with van der Waals surface area (Å²) >= 11 is 1.36. The Kier molecular flexibility index (Phi) is 10.0. The zero-order valence-corrected chi connectivity index (χ0v) is 27.5. The van der Waals surface area contributed by atoms with Crippen LogP contribution in [-0.4, -0.2) is 53.1 Å². The smallest absolute Gasteiger partial charge is 0.425 e. The number of nitrogens with one attached hydrogen (secondary N) is 1. The molecule has 0 saturated heterocycles. The van der Waals surface area contributed by atoms with Crippen molar-refractivity contribution in [2.45, 2.75) is 104 Å². The van der Waals surface area contributed by atoms with Crippen LogP contribution in [-0.2, 0) is 15.7 Å². The highest BCUT2D eigenvalue weighted by atomic mass is 32.1. The molecule has 1 amide bonds. The Balaban J connectivity index is 2.12. The van der Waals surface area contributed by atoms with E-state index in [2.05, 4.69) is 62.9 Å². The molecule has 0 aliphatic rings. The fraction of sp³-hybridized carbons (Fsp3) is 0.567. The number of ether oxygens (including phenoxy) is 1. The number of aromatic nitrogens is 2. The van der Waals surface area contributed by atoms with Gasteiger partial charge in [0.25, 0.3) is 5.56 Å². The SMILES string of the molecule is CCC[C@H]([C@H](O[Si](C)(C)C(C)(C)C)c1ccccc1)N(C(=O)OC(C)(C)C)N(C)Cc1nc2ccsc2c(=O)[nH]1. The van der Waals surface area contributed by atoms with Crippen LogP contribution in [0.4, 0.5) is 4.79 Å². The number of nitrogens with zero attached hydrogens (tertiary/aromatic N) is 3. The van der Waals surface area contributed by atoms with Gasteiger partial charge in [-0.2, -0.15) is 0 Å². The first kappa shape index (κ1) is 32.0. The zero-order valence-electron chi connectivity index (χ0n) is 25.7. The number of H-pyrrole nitrogens is 1. The van der Waals surface area contributed by atoms with Gasteiger partial charge in [0, 0.05) is 7.05 Å². The molecule has 0 aliphatic heterocycles. The summed E-state index contributed by atoms with van der Waals surface area (Å²) in [6.45, 7) is 19.0. The maximum atomic E-state index is 14.0. The average Bonchev–Trinajstić information content (AvgIpc) is 3.30. The van der Waals surface area contributed by atoms with Crippen molar-refractivity contribution in [3.63, 3.8) is 0 Å². The minimum Gasteiger partial charge on any atom is -0.443 e. The highest BCUT2D eigenvalue weighted by Gasteiger charge is 2.44. The molecule has 3 aromatic rings. The third-order valence-corrected chi connectivity index (χ3v) is 12.7. The molecule has 0 spiro atoms. The predicted molar refractivity (Wildman–Crippen MR) is 166 cm³/mol. The number of hydrazine groups is 1. The molecule has 1 aromatic carbocycles. The molecule has 1 N–H and O–H groups in total. The van der Waals surface area contributed by atoms with Gasteiger partial charge in [-0.05, 0) is 62.3 Å². The van der Waals surface area contributed by atoms with Crippen molar-refractivity contribution in [2.75, 3.05) is 7.05 Å². The summed E-state index contributed by atoms with van der Waals surface area (Å²) in [4.78, 5) is 34.2. The fourth-order valence-electron chi connectivity index (χ4n) is 4.33. The van der Waals surface area contributed by atoms with Gasteiger partial charge >= 0.3 is 6.09 Å². The summed E-state index contributed by atoms with van der Waals surface area (Å²) in [7, 11) is -0.433. The maximum absolute atomic E-state index is 14.0. The lowest BCUT2D eigenvalue weighted by atomic mass is 9.98. The van der Waals surface area contributed by atoms with E-state index in [9.17, 15) is 9.59 Å². The average molecular weight is 587 g/mol. The Labute approximate surface area is 243 Å². The Morgan fingerprint density at radius 1 is 1.10 bits per heavy atom. The predicted octanol–water partition coefficient (Wildman–Crippen LogP) is 7.50.